The Balaban J connectivity index is 1.72. The standard InChI is InChI=1S/C20H26N4O3/c1-19(2,3)16(21)17(25)24-12-9-22-18(23-10-12)27-14-8-6-7-13-15(14)20(4,5)11-26-13/h6-10,16H,11,21H2,1-5H3,(H,24,25)/t16-/m1/s1/i1D. The van der Waals surface area contributed by atoms with Crippen molar-refractivity contribution in [3.63, 3.8) is 0 Å². The quantitative estimate of drug-likeness (QED) is 0.856. The predicted molar refractivity (Wildman–Crippen MR) is 103 cm³/mol. The molecule has 2 heterocycles. The monoisotopic (exact) mass is 371 g/mol. The second kappa shape index (κ2) is 6.81. The molecular formula is C20H26N4O3. The fourth-order valence-corrected chi connectivity index (χ4v) is 2.82. The molecule has 0 saturated heterocycles. The number of rotatable bonds is 4. The molecule has 1 aliphatic rings. The van der Waals surface area contributed by atoms with Crippen LogP contribution in [0.15, 0.2) is 30.6 Å². The molecule has 0 saturated carbocycles. The largest absolute Gasteiger partial charge is 0.492 e. The Morgan fingerprint density at radius 3 is 2.78 bits per heavy atom. The van der Waals surface area contributed by atoms with Crippen LogP contribution in [0.3, 0.4) is 0 Å². The molecule has 144 valence electrons. The molecule has 1 aromatic carbocycles. The van der Waals surface area contributed by atoms with E-state index in [0.717, 1.165) is 11.3 Å². The number of nitrogens with two attached hydrogens (primary N) is 1. The molecule has 0 bridgehead atoms. The lowest BCUT2D eigenvalue weighted by Crippen LogP contribution is -2.45. The first kappa shape index (κ1) is 17.7. The molecule has 27 heavy (non-hydrogen) atoms. The highest BCUT2D eigenvalue weighted by Gasteiger charge is 2.35. The number of benzene rings is 1. The second-order valence-corrected chi connectivity index (χ2v) is 8.11. The van der Waals surface area contributed by atoms with Crippen molar-refractivity contribution in [2.75, 3.05) is 11.9 Å². The van der Waals surface area contributed by atoms with Crippen molar-refractivity contribution in [2.45, 2.75) is 46.1 Å². The molecule has 7 nitrogen and oxygen atoms in total. The Bertz CT molecular complexity index is 868. The SMILES string of the molecule is [2H]CC(C)(C)[C@H](N)C(=O)Nc1cnc(Oc2cccc3c2C(C)(C)CO3)nc1. The van der Waals surface area contributed by atoms with Crippen LogP contribution in [0.5, 0.6) is 17.5 Å². The van der Waals surface area contributed by atoms with E-state index in [4.69, 9.17) is 16.6 Å². The summed E-state index contributed by atoms with van der Waals surface area (Å²) in [5.74, 6) is 1.07. The van der Waals surface area contributed by atoms with Crippen LogP contribution in [0.4, 0.5) is 5.69 Å². The third-order valence-electron chi connectivity index (χ3n) is 4.47. The van der Waals surface area contributed by atoms with Crippen LogP contribution in [0.2, 0.25) is 0 Å². The normalized spacial score (nSPS) is 16.7. The van der Waals surface area contributed by atoms with Crippen LogP contribution < -0.4 is 20.5 Å². The number of carbonyl (C=O) groups excluding carboxylic acids is 1. The molecule has 3 N–H and O–H groups in total. The zero-order chi connectivity index (χ0) is 20.5. The molecule has 0 spiro atoms. The van der Waals surface area contributed by atoms with Crippen molar-refractivity contribution < 1.29 is 15.6 Å². The summed E-state index contributed by atoms with van der Waals surface area (Å²) < 4.78 is 19.1. The van der Waals surface area contributed by atoms with Gasteiger partial charge in [0.05, 0.1) is 30.7 Å². The molecule has 0 radical (unpaired) electrons. The maximum absolute atomic E-state index is 12.3. The maximum atomic E-state index is 12.3. The number of nitrogens with one attached hydrogen (secondary N) is 1. The Kier molecular flexibility index (Phi) is 4.47. The summed E-state index contributed by atoms with van der Waals surface area (Å²) in [6.45, 7) is 8.37. The van der Waals surface area contributed by atoms with E-state index in [1.807, 2.05) is 18.2 Å². The lowest BCUT2D eigenvalue weighted by atomic mass is 9.86. The van der Waals surface area contributed by atoms with Crippen molar-refractivity contribution in [3.8, 4) is 17.5 Å². The summed E-state index contributed by atoms with van der Waals surface area (Å²) in [7, 11) is 0. The molecule has 1 atom stereocenters. The van der Waals surface area contributed by atoms with Gasteiger partial charge < -0.3 is 20.5 Å². The minimum absolute atomic E-state index is 0.0479. The molecule has 1 amide bonds. The fourth-order valence-electron chi connectivity index (χ4n) is 2.82. The van der Waals surface area contributed by atoms with E-state index in [-0.39, 0.29) is 24.2 Å². The number of carbonyl (C=O) groups is 1. The lowest BCUT2D eigenvalue weighted by molar-refractivity contribution is -0.119. The molecule has 3 rings (SSSR count). The fraction of sp³-hybridized carbons (Fsp3) is 0.450. The van der Waals surface area contributed by atoms with Crippen LogP contribution in [-0.2, 0) is 10.2 Å². The van der Waals surface area contributed by atoms with Crippen LogP contribution in [0.25, 0.3) is 0 Å². The molecule has 0 fully saturated rings. The highest BCUT2D eigenvalue weighted by atomic mass is 16.5. The maximum Gasteiger partial charge on any atom is 0.322 e. The van der Waals surface area contributed by atoms with Crippen molar-refractivity contribution >= 4 is 11.6 Å². The van der Waals surface area contributed by atoms with Gasteiger partial charge in [-0.15, -0.1) is 0 Å². The first-order valence-electron chi connectivity index (χ1n) is 9.47. The average Bonchev–Trinajstić information content (AvgIpc) is 2.98. The van der Waals surface area contributed by atoms with Gasteiger partial charge in [-0.3, -0.25) is 4.79 Å². The van der Waals surface area contributed by atoms with Gasteiger partial charge in [-0.25, -0.2) is 9.97 Å². The van der Waals surface area contributed by atoms with Crippen LogP contribution in [0.1, 0.15) is 41.5 Å². The van der Waals surface area contributed by atoms with E-state index in [1.165, 1.54) is 12.4 Å². The molecule has 0 unspecified atom stereocenters. The highest BCUT2D eigenvalue weighted by Crippen LogP contribution is 2.44. The zero-order valence-corrected chi connectivity index (χ0v) is 16.1. The number of anilines is 1. The van der Waals surface area contributed by atoms with Gasteiger partial charge in [0.25, 0.3) is 0 Å². The van der Waals surface area contributed by atoms with Gasteiger partial charge in [0.15, 0.2) is 0 Å². The number of nitrogens with zero attached hydrogens (tertiary/aromatic N) is 2. The molecule has 1 aromatic heterocycles. The van der Waals surface area contributed by atoms with E-state index in [9.17, 15) is 4.79 Å². The molecule has 7 heteroatoms. The van der Waals surface area contributed by atoms with Crippen molar-refractivity contribution in [3.05, 3.63) is 36.2 Å². The number of hydrogen-bond donors (Lipinski definition) is 2. The minimum Gasteiger partial charge on any atom is -0.492 e. The van der Waals surface area contributed by atoms with E-state index in [2.05, 4.69) is 29.1 Å². The number of amides is 1. The van der Waals surface area contributed by atoms with Crippen LogP contribution >= 0.6 is 0 Å². The van der Waals surface area contributed by atoms with E-state index in [0.29, 0.717) is 18.0 Å². The first-order chi connectivity index (χ1) is 13.1. The number of aromatic nitrogens is 2. The molecule has 1 aliphatic heterocycles. The van der Waals surface area contributed by atoms with Gasteiger partial charge >= 0.3 is 6.01 Å². The second-order valence-electron chi connectivity index (χ2n) is 8.11. The van der Waals surface area contributed by atoms with Gasteiger partial charge in [-0.2, -0.15) is 0 Å². The number of fused-ring (bicyclic) bond motifs is 1. The zero-order valence-electron chi connectivity index (χ0n) is 17.1. The van der Waals surface area contributed by atoms with Crippen LogP contribution in [0, 0.1) is 5.41 Å². The van der Waals surface area contributed by atoms with Gasteiger partial charge in [-0.05, 0) is 17.5 Å². The van der Waals surface area contributed by atoms with Gasteiger partial charge in [0.2, 0.25) is 5.91 Å². The topological polar surface area (TPSA) is 99.4 Å². The van der Waals surface area contributed by atoms with Gasteiger partial charge in [0.1, 0.15) is 11.5 Å². The summed E-state index contributed by atoms with van der Waals surface area (Å²) in [5, 5.41) is 2.68. The minimum atomic E-state index is -0.810. The number of ether oxygens (including phenoxy) is 2. The van der Waals surface area contributed by atoms with Gasteiger partial charge in [-0.1, -0.05) is 40.7 Å². The number of hydrogen-bond acceptors (Lipinski definition) is 6. The Labute approximate surface area is 160 Å². The van der Waals surface area contributed by atoms with E-state index < -0.39 is 11.5 Å². The highest BCUT2D eigenvalue weighted by molar-refractivity contribution is 5.94. The molecular weight excluding hydrogens is 344 g/mol. The van der Waals surface area contributed by atoms with E-state index >= 15 is 0 Å². The lowest BCUT2D eigenvalue weighted by Gasteiger charge is -2.25. The predicted octanol–water partition coefficient (Wildman–Crippen LogP) is 3.25. The van der Waals surface area contributed by atoms with Gasteiger partial charge in [0, 0.05) is 12.3 Å². The average molecular weight is 371 g/mol. The van der Waals surface area contributed by atoms with Crippen LogP contribution in [-0.4, -0.2) is 28.5 Å². The smallest absolute Gasteiger partial charge is 0.322 e. The summed E-state index contributed by atoms with van der Waals surface area (Å²) in [4.78, 5) is 20.6. The van der Waals surface area contributed by atoms with Crippen molar-refractivity contribution in [2.24, 2.45) is 11.1 Å². The Morgan fingerprint density at radius 1 is 1.41 bits per heavy atom. The summed E-state index contributed by atoms with van der Waals surface area (Å²) in [5.41, 5.74) is 6.56. The molecule has 2 aromatic rings. The third kappa shape index (κ3) is 4.03. The van der Waals surface area contributed by atoms with Crippen molar-refractivity contribution in [1.82, 2.24) is 9.97 Å². The third-order valence-corrected chi connectivity index (χ3v) is 4.47. The summed E-state index contributed by atoms with van der Waals surface area (Å²) in [6, 6.07) is 4.99. The first-order valence-corrected chi connectivity index (χ1v) is 8.76. The molecule has 0 aliphatic carbocycles. The van der Waals surface area contributed by atoms with E-state index in [1.54, 1.807) is 13.8 Å². The Morgan fingerprint density at radius 2 is 2.11 bits per heavy atom. The summed E-state index contributed by atoms with van der Waals surface area (Å²) >= 11 is 0. The van der Waals surface area contributed by atoms with Crippen molar-refractivity contribution in [1.29, 1.82) is 0 Å². The Hall–Kier alpha value is -2.67. The summed E-state index contributed by atoms with van der Waals surface area (Å²) in [6.07, 6.45) is 2.93.